The lowest BCUT2D eigenvalue weighted by molar-refractivity contribution is -0.0191. The fourth-order valence-corrected chi connectivity index (χ4v) is 1.86. The molecule has 0 aliphatic carbocycles. The summed E-state index contributed by atoms with van der Waals surface area (Å²) in [5.74, 6) is 0. The van der Waals surface area contributed by atoms with Crippen LogP contribution in [0.4, 0.5) is 0 Å². The lowest BCUT2D eigenvalue weighted by Crippen LogP contribution is -2.46. The van der Waals surface area contributed by atoms with Gasteiger partial charge in [-0.1, -0.05) is 13.3 Å². The van der Waals surface area contributed by atoms with E-state index in [9.17, 15) is 0 Å². The molecule has 0 bridgehead atoms. The minimum atomic E-state index is 0.382. The van der Waals surface area contributed by atoms with Crippen LogP contribution in [0.15, 0.2) is 0 Å². The Labute approximate surface area is 87.8 Å². The van der Waals surface area contributed by atoms with Crippen molar-refractivity contribution in [3.05, 3.63) is 0 Å². The van der Waals surface area contributed by atoms with Crippen molar-refractivity contribution in [1.29, 1.82) is 0 Å². The SMILES string of the molecule is CCC[C@@H](C)NC[C@H]1CN(C)CCO1. The van der Waals surface area contributed by atoms with Crippen LogP contribution in [0, 0.1) is 0 Å². The monoisotopic (exact) mass is 200 g/mol. The Kier molecular flexibility index (Phi) is 5.45. The highest BCUT2D eigenvalue weighted by Crippen LogP contribution is 2.03. The summed E-state index contributed by atoms with van der Waals surface area (Å²) in [6, 6.07) is 0.621. The number of rotatable bonds is 5. The Balaban J connectivity index is 2.10. The van der Waals surface area contributed by atoms with Crippen molar-refractivity contribution in [3.8, 4) is 0 Å². The van der Waals surface area contributed by atoms with Crippen molar-refractivity contribution >= 4 is 0 Å². The molecule has 0 amide bonds. The lowest BCUT2D eigenvalue weighted by Gasteiger charge is -2.31. The molecule has 0 aromatic rings. The van der Waals surface area contributed by atoms with Gasteiger partial charge in [-0.2, -0.15) is 0 Å². The predicted octanol–water partition coefficient (Wildman–Crippen LogP) is 1.10. The summed E-state index contributed by atoms with van der Waals surface area (Å²) in [5, 5.41) is 3.52. The average molecular weight is 200 g/mol. The Bertz CT molecular complexity index is 152. The van der Waals surface area contributed by atoms with Crippen molar-refractivity contribution in [3.63, 3.8) is 0 Å². The summed E-state index contributed by atoms with van der Waals surface area (Å²) in [4.78, 5) is 2.33. The summed E-state index contributed by atoms with van der Waals surface area (Å²) < 4.78 is 5.67. The molecule has 0 unspecified atom stereocenters. The van der Waals surface area contributed by atoms with Gasteiger partial charge in [-0.15, -0.1) is 0 Å². The van der Waals surface area contributed by atoms with Crippen molar-refractivity contribution in [2.75, 3.05) is 33.3 Å². The molecule has 14 heavy (non-hydrogen) atoms. The van der Waals surface area contributed by atoms with Crippen LogP contribution in [0.2, 0.25) is 0 Å². The van der Waals surface area contributed by atoms with Crippen LogP contribution in [0.3, 0.4) is 0 Å². The Hall–Kier alpha value is -0.120. The molecule has 2 atom stereocenters. The Morgan fingerprint density at radius 3 is 3.00 bits per heavy atom. The van der Waals surface area contributed by atoms with Gasteiger partial charge in [0.25, 0.3) is 0 Å². The number of morpholine rings is 1. The van der Waals surface area contributed by atoms with Gasteiger partial charge in [-0.05, 0) is 20.4 Å². The van der Waals surface area contributed by atoms with E-state index in [1.165, 1.54) is 12.8 Å². The molecule has 0 aromatic carbocycles. The number of hydrogen-bond acceptors (Lipinski definition) is 3. The summed E-state index contributed by atoms with van der Waals surface area (Å²) in [7, 11) is 2.16. The lowest BCUT2D eigenvalue weighted by atomic mass is 10.2. The molecule has 1 saturated heterocycles. The Morgan fingerprint density at radius 1 is 1.57 bits per heavy atom. The summed E-state index contributed by atoms with van der Waals surface area (Å²) in [6.45, 7) is 8.47. The molecular weight excluding hydrogens is 176 g/mol. The Morgan fingerprint density at radius 2 is 2.36 bits per heavy atom. The van der Waals surface area contributed by atoms with Crippen LogP contribution >= 0.6 is 0 Å². The van der Waals surface area contributed by atoms with E-state index in [1.807, 2.05) is 0 Å². The molecule has 1 N–H and O–H groups in total. The van der Waals surface area contributed by atoms with Gasteiger partial charge in [0.2, 0.25) is 0 Å². The zero-order chi connectivity index (χ0) is 10.4. The van der Waals surface area contributed by atoms with Crippen LogP contribution in [0.5, 0.6) is 0 Å². The predicted molar refractivity (Wildman–Crippen MR) is 59.6 cm³/mol. The normalized spacial score (nSPS) is 26.4. The third kappa shape index (κ3) is 4.40. The molecule has 1 aliphatic heterocycles. The second kappa shape index (κ2) is 6.38. The van der Waals surface area contributed by atoms with Crippen molar-refractivity contribution < 1.29 is 4.74 Å². The smallest absolute Gasteiger partial charge is 0.0826 e. The van der Waals surface area contributed by atoms with Crippen LogP contribution in [-0.2, 0) is 4.74 Å². The van der Waals surface area contributed by atoms with Crippen molar-refractivity contribution in [1.82, 2.24) is 10.2 Å². The molecule has 0 aromatic heterocycles. The van der Waals surface area contributed by atoms with E-state index in [2.05, 4.69) is 31.1 Å². The second-order valence-corrected chi connectivity index (χ2v) is 4.35. The molecule has 3 nitrogen and oxygen atoms in total. The molecule has 3 heteroatoms. The molecule has 0 radical (unpaired) electrons. The van der Waals surface area contributed by atoms with Gasteiger partial charge in [0.1, 0.15) is 0 Å². The van der Waals surface area contributed by atoms with E-state index >= 15 is 0 Å². The first-order valence-corrected chi connectivity index (χ1v) is 5.76. The molecule has 1 aliphatic rings. The molecule has 1 rings (SSSR count). The van der Waals surface area contributed by atoms with E-state index in [4.69, 9.17) is 4.74 Å². The zero-order valence-corrected chi connectivity index (χ0v) is 9.75. The quantitative estimate of drug-likeness (QED) is 0.719. The fraction of sp³-hybridized carbons (Fsp3) is 1.00. The topological polar surface area (TPSA) is 24.5 Å². The minimum Gasteiger partial charge on any atom is -0.374 e. The standard InChI is InChI=1S/C11H24N2O/c1-4-5-10(2)12-8-11-9-13(3)6-7-14-11/h10-12H,4-9H2,1-3H3/t10-,11+/m1/s1. The minimum absolute atomic E-state index is 0.382. The van der Waals surface area contributed by atoms with E-state index in [0.717, 1.165) is 26.2 Å². The summed E-state index contributed by atoms with van der Waals surface area (Å²) >= 11 is 0. The van der Waals surface area contributed by atoms with Crippen LogP contribution in [0.1, 0.15) is 26.7 Å². The highest BCUT2D eigenvalue weighted by molar-refractivity contribution is 4.72. The van der Waals surface area contributed by atoms with Gasteiger partial charge in [0, 0.05) is 25.7 Å². The molecule has 0 saturated carbocycles. The first-order valence-electron chi connectivity index (χ1n) is 5.76. The number of nitrogens with zero attached hydrogens (tertiary/aromatic N) is 1. The van der Waals surface area contributed by atoms with Crippen LogP contribution < -0.4 is 5.32 Å². The maximum atomic E-state index is 5.67. The van der Waals surface area contributed by atoms with Crippen molar-refractivity contribution in [2.24, 2.45) is 0 Å². The van der Waals surface area contributed by atoms with E-state index in [1.54, 1.807) is 0 Å². The highest BCUT2D eigenvalue weighted by atomic mass is 16.5. The first kappa shape index (κ1) is 12.0. The largest absolute Gasteiger partial charge is 0.374 e. The first-order chi connectivity index (χ1) is 6.72. The maximum Gasteiger partial charge on any atom is 0.0826 e. The highest BCUT2D eigenvalue weighted by Gasteiger charge is 2.17. The number of nitrogens with one attached hydrogen (secondary N) is 1. The molecule has 1 heterocycles. The van der Waals surface area contributed by atoms with Gasteiger partial charge in [-0.25, -0.2) is 0 Å². The van der Waals surface area contributed by atoms with Crippen molar-refractivity contribution in [2.45, 2.75) is 38.8 Å². The van der Waals surface area contributed by atoms with Gasteiger partial charge in [0.15, 0.2) is 0 Å². The van der Waals surface area contributed by atoms with Gasteiger partial charge in [0.05, 0.1) is 12.7 Å². The molecule has 84 valence electrons. The average Bonchev–Trinajstić information content (AvgIpc) is 2.15. The van der Waals surface area contributed by atoms with Gasteiger partial charge >= 0.3 is 0 Å². The fourth-order valence-electron chi connectivity index (χ4n) is 1.86. The third-order valence-electron chi connectivity index (χ3n) is 2.76. The molecule has 0 spiro atoms. The van der Waals surface area contributed by atoms with Gasteiger partial charge < -0.3 is 15.0 Å². The zero-order valence-electron chi connectivity index (χ0n) is 9.75. The maximum absolute atomic E-state index is 5.67. The summed E-state index contributed by atoms with van der Waals surface area (Å²) in [5.41, 5.74) is 0. The summed E-state index contributed by atoms with van der Waals surface area (Å²) in [6.07, 6.45) is 2.88. The number of ether oxygens (including phenoxy) is 1. The van der Waals surface area contributed by atoms with E-state index < -0.39 is 0 Å². The number of hydrogen-bond donors (Lipinski definition) is 1. The van der Waals surface area contributed by atoms with E-state index in [0.29, 0.717) is 12.1 Å². The van der Waals surface area contributed by atoms with E-state index in [-0.39, 0.29) is 0 Å². The second-order valence-electron chi connectivity index (χ2n) is 4.35. The number of likely N-dealkylation sites (N-methyl/N-ethyl adjacent to an activating group) is 1. The van der Waals surface area contributed by atoms with Crippen LogP contribution in [0.25, 0.3) is 0 Å². The molecular formula is C11H24N2O. The van der Waals surface area contributed by atoms with Gasteiger partial charge in [-0.3, -0.25) is 0 Å². The van der Waals surface area contributed by atoms with Crippen LogP contribution in [-0.4, -0.2) is 50.3 Å². The third-order valence-corrected chi connectivity index (χ3v) is 2.76. The molecule has 1 fully saturated rings.